The van der Waals surface area contributed by atoms with Gasteiger partial charge in [0.25, 0.3) is 11.8 Å². The molecule has 5 nitrogen and oxygen atoms in total. The molecule has 25 heavy (non-hydrogen) atoms. The third kappa shape index (κ3) is 4.29. The Morgan fingerprint density at radius 2 is 1.68 bits per heavy atom. The molecule has 0 saturated heterocycles. The van der Waals surface area contributed by atoms with Crippen molar-refractivity contribution in [2.45, 2.75) is 0 Å². The molecule has 0 aliphatic heterocycles. The molecular weight excluding hydrogens is 408 g/mol. The minimum atomic E-state index is -0.409. The second kappa shape index (κ2) is 7.55. The molecule has 0 spiro atoms. The van der Waals surface area contributed by atoms with Gasteiger partial charge in [0.05, 0.1) is 10.7 Å². The van der Waals surface area contributed by atoms with E-state index in [1.54, 1.807) is 54.6 Å². The molecule has 0 unspecified atom stereocenters. The van der Waals surface area contributed by atoms with Crippen LogP contribution in [-0.4, -0.2) is 11.8 Å². The molecule has 0 aliphatic rings. The fourth-order valence-electron chi connectivity index (χ4n) is 2.11. The predicted octanol–water partition coefficient (Wildman–Crippen LogP) is 5.20. The Morgan fingerprint density at radius 3 is 2.36 bits per heavy atom. The Labute approximate surface area is 157 Å². The van der Waals surface area contributed by atoms with Crippen molar-refractivity contribution in [2.24, 2.45) is 0 Å². The number of rotatable bonds is 4. The number of nitrogens with one attached hydrogen (secondary N) is 2. The number of carbonyl (C=O) groups is 2. The number of furan rings is 1. The molecule has 0 fully saturated rings. The molecule has 0 bridgehead atoms. The lowest BCUT2D eigenvalue weighted by Crippen LogP contribution is -2.14. The zero-order valence-corrected chi connectivity index (χ0v) is 15.1. The molecule has 0 radical (unpaired) electrons. The largest absolute Gasteiger partial charge is 0.444 e. The van der Waals surface area contributed by atoms with E-state index in [0.29, 0.717) is 26.6 Å². The highest BCUT2D eigenvalue weighted by molar-refractivity contribution is 9.10. The van der Waals surface area contributed by atoms with Gasteiger partial charge in [-0.2, -0.15) is 0 Å². The maximum atomic E-state index is 12.2. The van der Waals surface area contributed by atoms with Gasteiger partial charge in [-0.25, -0.2) is 0 Å². The summed E-state index contributed by atoms with van der Waals surface area (Å²) in [6, 6.07) is 16.8. The summed E-state index contributed by atoms with van der Waals surface area (Å²) in [5.74, 6) is -0.536. The molecule has 126 valence electrons. The minimum absolute atomic E-state index is 0.164. The van der Waals surface area contributed by atoms with Gasteiger partial charge < -0.3 is 15.1 Å². The van der Waals surface area contributed by atoms with E-state index in [1.807, 2.05) is 6.07 Å². The normalized spacial score (nSPS) is 10.3. The first-order chi connectivity index (χ1) is 12.0. The molecule has 3 aromatic rings. The summed E-state index contributed by atoms with van der Waals surface area (Å²) >= 11 is 9.28. The summed E-state index contributed by atoms with van der Waals surface area (Å²) in [6.45, 7) is 0. The lowest BCUT2D eigenvalue weighted by molar-refractivity contribution is 0.0994. The van der Waals surface area contributed by atoms with Gasteiger partial charge in [-0.3, -0.25) is 9.59 Å². The van der Waals surface area contributed by atoms with Crippen LogP contribution in [0.5, 0.6) is 0 Å². The average Bonchev–Trinajstić information content (AvgIpc) is 3.05. The van der Waals surface area contributed by atoms with Gasteiger partial charge >= 0.3 is 0 Å². The standard InChI is InChI=1S/C18H12BrClN2O3/c19-16-9-8-15(25-16)18(24)21-12-6-7-13(20)14(10-12)22-17(23)11-4-2-1-3-5-11/h1-10H,(H,21,24)(H,22,23). The van der Waals surface area contributed by atoms with E-state index in [9.17, 15) is 9.59 Å². The third-order valence-electron chi connectivity index (χ3n) is 3.31. The number of hydrogen-bond donors (Lipinski definition) is 2. The van der Waals surface area contributed by atoms with Gasteiger partial charge in [-0.15, -0.1) is 0 Å². The van der Waals surface area contributed by atoms with Crippen molar-refractivity contribution in [1.29, 1.82) is 0 Å². The predicted molar refractivity (Wildman–Crippen MR) is 100 cm³/mol. The zero-order valence-electron chi connectivity index (χ0n) is 12.8. The number of anilines is 2. The SMILES string of the molecule is O=C(Nc1cc(NC(=O)c2ccc(Br)o2)ccc1Cl)c1ccccc1. The average molecular weight is 420 g/mol. The van der Waals surface area contributed by atoms with Crippen molar-refractivity contribution in [3.63, 3.8) is 0 Å². The molecule has 3 rings (SSSR count). The molecule has 1 aromatic heterocycles. The highest BCUT2D eigenvalue weighted by atomic mass is 79.9. The fraction of sp³-hybridized carbons (Fsp3) is 0. The summed E-state index contributed by atoms with van der Waals surface area (Å²) in [5.41, 5.74) is 1.38. The second-order valence-corrected chi connectivity index (χ2v) is 6.26. The summed E-state index contributed by atoms with van der Waals surface area (Å²) in [6.07, 6.45) is 0. The molecule has 2 amide bonds. The topological polar surface area (TPSA) is 71.3 Å². The lowest BCUT2D eigenvalue weighted by atomic mass is 10.2. The van der Waals surface area contributed by atoms with Crippen LogP contribution in [0, 0.1) is 0 Å². The van der Waals surface area contributed by atoms with Gasteiger partial charge in [-0.1, -0.05) is 29.8 Å². The van der Waals surface area contributed by atoms with Crippen LogP contribution in [0.1, 0.15) is 20.9 Å². The summed E-state index contributed by atoms with van der Waals surface area (Å²) in [5, 5.41) is 5.78. The van der Waals surface area contributed by atoms with Crippen molar-refractivity contribution in [1.82, 2.24) is 0 Å². The first-order valence-electron chi connectivity index (χ1n) is 7.25. The van der Waals surface area contributed by atoms with Crippen LogP contribution >= 0.6 is 27.5 Å². The van der Waals surface area contributed by atoms with Crippen LogP contribution in [0.4, 0.5) is 11.4 Å². The van der Waals surface area contributed by atoms with Gasteiger partial charge in [0, 0.05) is 11.3 Å². The molecule has 1 heterocycles. The summed E-state index contributed by atoms with van der Waals surface area (Å²) < 4.78 is 5.67. The van der Waals surface area contributed by atoms with Gasteiger partial charge in [0.2, 0.25) is 0 Å². The lowest BCUT2D eigenvalue weighted by Gasteiger charge is -2.10. The molecule has 2 N–H and O–H groups in total. The van der Waals surface area contributed by atoms with E-state index in [4.69, 9.17) is 16.0 Å². The van der Waals surface area contributed by atoms with Crippen LogP contribution < -0.4 is 10.6 Å². The van der Waals surface area contributed by atoms with Gasteiger partial charge in [-0.05, 0) is 58.4 Å². The maximum Gasteiger partial charge on any atom is 0.291 e. The third-order valence-corrected chi connectivity index (χ3v) is 4.06. The molecule has 0 aliphatic carbocycles. The Hall–Kier alpha value is -2.57. The highest BCUT2D eigenvalue weighted by Crippen LogP contribution is 2.26. The van der Waals surface area contributed by atoms with E-state index in [2.05, 4.69) is 26.6 Å². The Morgan fingerprint density at radius 1 is 0.920 bits per heavy atom. The van der Waals surface area contributed by atoms with Crippen molar-refractivity contribution < 1.29 is 14.0 Å². The molecule has 7 heteroatoms. The maximum absolute atomic E-state index is 12.2. The van der Waals surface area contributed by atoms with Crippen LogP contribution in [0.15, 0.2) is 69.8 Å². The van der Waals surface area contributed by atoms with E-state index in [1.165, 1.54) is 0 Å². The quantitative estimate of drug-likeness (QED) is 0.610. The van der Waals surface area contributed by atoms with E-state index >= 15 is 0 Å². The number of amides is 2. The summed E-state index contributed by atoms with van der Waals surface area (Å²) in [7, 11) is 0. The van der Waals surface area contributed by atoms with Crippen LogP contribution in [0.25, 0.3) is 0 Å². The smallest absolute Gasteiger partial charge is 0.291 e. The molecule has 2 aromatic carbocycles. The van der Waals surface area contributed by atoms with Crippen molar-refractivity contribution in [3.05, 3.63) is 81.7 Å². The first kappa shape index (κ1) is 17.3. The monoisotopic (exact) mass is 418 g/mol. The molecule has 0 saturated carbocycles. The van der Waals surface area contributed by atoms with Gasteiger partial charge in [0.15, 0.2) is 10.4 Å². The fourth-order valence-corrected chi connectivity index (χ4v) is 2.58. The highest BCUT2D eigenvalue weighted by Gasteiger charge is 2.13. The van der Waals surface area contributed by atoms with Crippen LogP contribution in [0.3, 0.4) is 0 Å². The Bertz CT molecular complexity index is 925. The van der Waals surface area contributed by atoms with Crippen LogP contribution in [-0.2, 0) is 0 Å². The Kier molecular flexibility index (Phi) is 5.21. The van der Waals surface area contributed by atoms with E-state index in [-0.39, 0.29) is 11.7 Å². The number of carbonyl (C=O) groups excluding carboxylic acids is 2. The summed E-state index contributed by atoms with van der Waals surface area (Å²) in [4.78, 5) is 24.4. The van der Waals surface area contributed by atoms with E-state index < -0.39 is 5.91 Å². The number of hydrogen-bond acceptors (Lipinski definition) is 3. The van der Waals surface area contributed by atoms with Crippen molar-refractivity contribution in [3.8, 4) is 0 Å². The van der Waals surface area contributed by atoms with E-state index in [0.717, 1.165) is 0 Å². The van der Waals surface area contributed by atoms with Crippen molar-refractivity contribution in [2.75, 3.05) is 10.6 Å². The van der Waals surface area contributed by atoms with Crippen LogP contribution in [0.2, 0.25) is 5.02 Å². The van der Waals surface area contributed by atoms with Gasteiger partial charge in [0.1, 0.15) is 0 Å². The minimum Gasteiger partial charge on any atom is -0.444 e. The zero-order chi connectivity index (χ0) is 17.8. The second-order valence-electron chi connectivity index (χ2n) is 5.07. The molecular formula is C18H12BrClN2O3. The molecule has 0 atom stereocenters. The number of benzene rings is 2. The van der Waals surface area contributed by atoms with Crippen molar-refractivity contribution >= 4 is 50.7 Å². The first-order valence-corrected chi connectivity index (χ1v) is 8.42. The Balaban J connectivity index is 1.76. The number of halogens is 2.